The van der Waals surface area contributed by atoms with Crippen LogP contribution in [0.1, 0.15) is 11.9 Å². The van der Waals surface area contributed by atoms with Crippen LogP contribution in [-0.2, 0) is 11.8 Å². The number of ether oxygens (including phenoxy) is 1. The molecule has 2 aromatic heterocycles. The summed E-state index contributed by atoms with van der Waals surface area (Å²) in [6, 6.07) is 7.61. The lowest BCUT2D eigenvalue weighted by Crippen LogP contribution is -2.22. The number of aromatic nitrogens is 5. The van der Waals surface area contributed by atoms with Gasteiger partial charge in [-0.05, 0) is 26.0 Å². The number of amides is 1. The minimum atomic E-state index is -0.368. The van der Waals surface area contributed by atoms with E-state index in [0.717, 1.165) is 16.3 Å². The van der Waals surface area contributed by atoms with Gasteiger partial charge in [0.15, 0.2) is 11.0 Å². The topological polar surface area (TPSA) is 94.8 Å². The number of nitrogens with one attached hydrogen (secondary N) is 1. The first-order valence-electron chi connectivity index (χ1n) is 7.80. The molecule has 0 saturated carbocycles. The first kappa shape index (κ1) is 18.3. The quantitative estimate of drug-likeness (QED) is 0.647. The standard InChI is InChI=1S/C16H18N6O2S2/c1-9(14(23)17-15-20-18-10(2)26-15)25-16-21-19-13(22(16)3)11-7-5-6-8-12(11)24-4/h5-9H,1-4H3,(H,17,20,23). The highest BCUT2D eigenvalue weighted by atomic mass is 32.2. The minimum Gasteiger partial charge on any atom is -0.496 e. The fourth-order valence-corrected chi connectivity index (χ4v) is 3.66. The molecule has 136 valence electrons. The number of aryl methyl sites for hydroxylation is 1. The van der Waals surface area contributed by atoms with Crippen molar-refractivity contribution in [3.05, 3.63) is 29.3 Å². The summed E-state index contributed by atoms with van der Waals surface area (Å²) in [7, 11) is 3.48. The van der Waals surface area contributed by atoms with Gasteiger partial charge in [0, 0.05) is 7.05 Å². The molecule has 2 heterocycles. The fraction of sp³-hybridized carbons (Fsp3) is 0.312. The second-order valence-electron chi connectivity index (χ2n) is 5.44. The summed E-state index contributed by atoms with van der Waals surface area (Å²) in [6.45, 7) is 3.65. The van der Waals surface area contributed by atoms with E-state index < -0.39 is 0 Å². The van der Waals surface area contributed by atoms with Gasteiger partial charge in [-0.15, -0.1) is 20.4 Å². The number of carbonyl (C=O) groups excluding carboxylic acids is 1. The largest absolute Gasteiger partial charge is 0.496 e. The molecule has 1 N–H and O–H groups in total. The molecule has 1 aromatic carbocycles. The molecule has 0 radical (unpaired) electrons. The Morgan fingerprint density at radius 1 is 1.27 bits per heavy atom. The van der Waals surface area contributed by atoms with E-state index in [1.165, 1.54) is 23.1 Å². The Morgan fingerprint density at radius 3 is 2.73 bits per heavy atom. The number of anilines is 1. The van der Waals surface area contributed by atoms with E-state index in [0.29, 0.717) is 16.1 Å². The summed E-state index contributed by atoms with van der Waals surface area (Å²) in [5, 5.41) is 20.6. The van der Waals surface area contributed by atoms with Crippen molar-refractivity contribution in [3.63, 3.8) is 0 Å². The molecule has 0 aliphatic carbocycles. The third kappa shape index (κ3) is 3.86. The number of carbonyl (C=O) groups is 1. The van der Waals surface area contributed by atoms with Crippen LogP contribution in [0.25, 0.3) is 11.4 Å². The highest BCUT2D eigenvalue weighted by molar-refractivity contribution is 8.00. The van der Waals surface area contributed by atoms with E-state index in [2.05, 4.69) is 25.7 Å². The lowest BCUT2D eigenvalue weighted by Gasteiger charge is -2.11. The van der Waals surface area contributed by atoms with Crippen LogP contribution in [0.2, 0.25) is 0 Å². The van der Waals surface area contributed by atoms with Crippen molar-refractivity contribution in [3.8, 4) is 17.1 Å². The van der Waals surface area contributed by atoms with E-state index in [1.54, 1.807) is 7.11 Å². The molecule has 0 bridgehead atoms. The molecule has 0 aliphatic rings. The fourth-order valence-electron chi connectivity index (χ4n) is 2.25. The molecule has 0 spiro atoms. The average Bonchev–Trinajstić information content (AvgIpc) is 3.20. The van der Waals surface area contributed by atoms with Gasteiger partial charge in [-0.25, -0.2) is 0 Å². The number of hydrogen-bond donors (Lipinski definition) is 1. The third-order valence-corrected chi connectivity index (χ3v) is 5.48. The van der Waals surface area contributed by atoms with Gasteiger partial charge in [0.25, 0.3) is 0 Å². The van der Waals surface area contributed by atoms with Crippen LogP contribution in [0.15, 0.2) is 29.4 Å². The summed E-state index contributed by atoms with van der Waals surface area (Å²) in [6.07, 6.45) is 0. The van der Waals surface area contributed by atoms with E-state index in [4.69, 9.17) is 4.74 Å². The number of hydrogen-bond acceptors (Lipinski definition) is 8. The maximum Gasteiger partial charge on any atom is 0.239 e. The Morgan fingerprint density at radius 2 is 2.04 bits per heavy atom. The molecule has 3 rings (SSSR count). The molecule has 8 nitrogen and oxygen atoms in total. The van der Waals surface area contributed by atoms with Crippen LogP contribution >= 0.6 is 23.1 Å². The van der Waals surface area contributed by atoms with Gasteiger partial charge in [0.2, 0.25) is 11.0 Å². The first-order valence-corrected chi connectivity index (χ1v) is 9.49. The van der Waals surface area contributed by atoms with Crippen LogP contribution in [0.4, 0.5) is 5.13 Å². The number of methoxy groups -OCH3 is 1. The molecular formula is C16H18N6O2S2. The van der Waals surface area contributed by atoms with Crippen molar-refractivity contribution in [1.29, 1.82) is 0 Å². The molecular weight excluding hydrogens is 372 g/mol. The van der Waals surface area contributed by atoms with Crippen LogP contribution in [-0.4, -0.2) is 43.2 Å². The lowest BCUT2D eigenvalue weighted by atomic mass is 10.2. The Kier molecular flexibility index (Phi) is 5.52. The van der Waals surface area contributed by atoms with Crippen molar-refractivity contribution in [2.24, 2.45) is 7.05 Å². The van der Waals surface area contributed by atoms with Gasteiger partial charge in [0.1, 0.15) is 10.8 Å². The second-order valence-corrected chi connectivity index (χ2v) is 7.93. The SMILES string of the molecule is COc1ccccc1-c1nnc(SC(C)C(=O)Nc2nnc(C)s2)n1C. The van der Waals surface area contributed by atoms with E-state index >= 15 is 0 Å². The van der Waals surface area contributed by atoms with Gasteiger partial charge >= 0.3 is 0 Å². The van der Waals surface area contributed by atoms with Crippen LogP contribution < -0.4 is 10.1 Å². The lowest BCUT2D eigenvalue weighted by molar-refractivity contribution is -0.115. The Balaban J connectivity index is 1.74. The van der Waals surface area contributed by atoms with Crippen molar-refractivity contribution in [1.82, 2.24) is 25.0 Å². The van der Waals surface area contributed by atoms with Crippen molar-refractivity contribution in [2.45, 2.75) is 24.3 Å². The summed E-state index contributed by atoms with van der Waals surface area (Å²) < 4.78 is 7.24. The van der Waals surface area contributed by atoms with Crippen LogP contribution in [0.3, 0.4) is 0 Å². The highest BCUT2D eigenvalue weighted by Crippen LogP contribution is 2.31. The molecule has 1 amide bonds. The van der Waals surface area contributed by atoms with E-state index in [9.17, 15) is 4.79 Å². The Bertz CT molecular complexity index is 923. The molecule has 0 aliphatic heterocycles. The molecule has 10 heteroatoms. The number of nitrogens with zero attached hydrogens (tertiary/aromatic N) is 5. The monoisotopic (exact) mass is 390 g/mol. The molecule has 3 aromatic rings. The number of rotatable bonds is 6. The molecule has 0 fully saturated rings. The van der Waals surface area contributed by atoms with Crippen molar-refractivity contribution in [2.75, 3.05) is 12.4 Å². The van der Waals surface area contributed by atoms with Crippen LogP contribution in [0.5, 0.6) is 5.75 Å². The van der Waals surface area contributed by atoms with Crippen molar-refractivity contribution < 1.29 is 9.53 Å². The second kappa shape index (κ2) is 7.83. The Labute approximate surface area is 159 Å². The maximum atomic E-state index is 12.3. The summed E-state index contributed by atoms with van der Waals surface area (Å²) in [5.74, 6) is 1.24. The van der Waals surface area contributed by atoms with E-state index in [1.807, 2.05) is 49.7 Å². The molecule has 0 saturated heterocycles. The minimum absolute atomic E-state index is 0.159. The summed E-state index contributed by atoms with van der Waals surface area (Å²) in [5.41, 5.74) is 0.846. The third-order valence-electron chi connectivity index (χ3n) is 3.59. The summed E-state index contributed by atoms with van der Waals surface area (Å²) in [4.78, 5) is 12.3. The van der Waals surface area contributed by atoms with Gasteiger partial charge in [-0.2, -0.15) is 0 Å². The zero-order valence-corrected chi connectivity index (χ0v) is 16.4. The van der Waals surface area contributed by atoms with Gasteiger partial charge in [0.05, 0.1) is 17.9 Å². The number of benzene rings is 1. The van der Waals surface area contributed by atoms with Crippen molar-refractivity contribution >= 4 is 34.1 Å². The molecule has 1 unspecified atom stereocenters. The molecule has 1 atom stereocenters. The van der Waals surface area contributed by atoms with Gasteiger partial charge in [-0.1, -0.05) is 35.2 Å². The van der Waals surface area contributed by atoms with Gasteiger partial charge in [-0.3, -0.25) is 10.1 Å². The number of para-hydroxylation sites is 1. The maximum absolute atomic E-state index is 12.3. The highest BCUT2D eigenvalue weighted by Gasteiger charge is 2.21. The van der Waals surface area contributed by atoms with E-state index in [-0.39, 0.29) is 11.2 Å². The number of thioether (sulfide) groups is 1. The first-order chi connectivity index (χ1) is 12.5. The zero-order valence-electron chi connectivity index (χ0n) is 14.8. The summed E-state index contributed by atoms with van der Waals surface area (Å²) >= 11 is 2.66. The Hall–Kier alpha value is -2.46. The smallest absolute Gasteiger partial charge is 0.239 e. The zero-order chi connectivity index (χ0) is 18.7. The predicted octanol–water partition coefficient (Wildman–Crippen LogP) is 2.77. The normalized spacial score (nSPS) is 12.0. The molecule has 26 heavy (non-hydrogen) atoms. The van der Waals surface area contributed by atoms with Gasteiger partial charge < -0.3 is 9.30 Å². The average molecular weight is 390 g/mol. The van der Waals surface area contributed by atoms with Crippen LogP contribution in [0, 0.1) is 6.92 Å². The predicted molar refractivity (Wildman–Crippen MR) is 102 cm³/mol.